The number of benzene rings is 2. The van der Waals surface area contributed by atoms with Gasteiger partial charge in [0.05, 0.1) is 17.9 Å². The van der Waals surface area contributed by atoms with Crippen LogP contribution in [0.25, 0.3) is 10.2 Å². The zero-order valence-corrected chi connectivity index (χ0v) is 16.6. The largest absolute Gasteiger partial charge is 0.492 e. The van der Waals surface area contributed by atoms with Crippen LogP contribution in [0.15, 0.2) is 41.4 Å². The highest BCUT2D eigenvalue weighted by atomic mass is 32.1. The molecule has 1 heterocycles. The van der Waals surface area contributed by atoms with Crippen LogP contribution in [0.2, 0.25) is 0 Å². The topological polar surface area (TPSA) is 69.9 Å². The number of fused-ring (bicyclic) bond motifs is 1. The summed E-state index contributed by atoms with van der Waals surface area (Å²) in [6.07, 6.45) is 0. The van der Waals surface area contributed by atoms with E-state index in [1.54, 1.807) is 25.1 Å². The Bertz CT molecular complexity index is 1120. The molecule has 0 atom stereocenters. The predicted molar refractivity (Wildman–Crippen MR) is 104 cm³/mol. The van der Waals surface area contributed by atoms with Gasteiger partial charge >= 0.3 is 5.97 Å². The highest BCUT2D eigenvalue weighted by Crippen LogP contribution is 2.28. The van der Waals surface area contributed by atoms with Crippen molar-refractivity contribution in [3.05, 3.63) is 58.4 Å². The number of aromatic nitrogens is 1. The zero-order valence-electron chi connectivity index (χ0n) is 15.8. The third-order valence-corrected chi connectivity index (χ3v) is 4.97. The summed E-state index contributed by atoms with van der Waals surface area (Å²) in [4.78, 5) is 28.6. The number of hydrogen-bond acceptors (Lipinski definition) is 5. The molecule has 0 radical (unpaired) electrons. The van der Waals surface area contributed by atoms with Gasteiger partial charge in [0, 0.05) is 0 Å². The summed E-state index contributed by atoms with van der Waals surface area (Å²) < 4.78 is 40.7. The predicted octanol–water partition coefficient (Wildman–Crippen LogP) is 3.68. The average molecular weight is 420 g/mol. The number of halogens is 2. The van der Waals surface area contributed by atoms with Crippen molar-refractivity contribution < 1.29 is 27.8 Å². The van der Waals surface area contributed by atoms with Gasteiger partial charge in [0.2, 0.25) is 0 Å². The van der Waals surface area contributed by atoms with Crippen LogP contribution in [-0.2, 0) is 16.1 Å². The Morgan fingerprint density at radius 3 is 2.41 bits per heavy atom. The molecule has 0 aliphatic carbocycles. The molecule has 29 heavy (non-hydrogen) atoms. The van der Waals surface area contributed by atoms with E-state index in [0.717, 1.165) is 29.5 Å². The van der Waals surface area contributed by atoms with Gasteiger partial charge in [0.25, 0.3) is 5.91 Å². The summed E-state index contributed by atoms with van der Waals surface area (Å²) in [6.45, 7) is 3.84. The summed E-state index contributed by atoms with van der Waals surface area (Å²) in [7, 11) is 0. The van der Waals surface area contributed by atoms with Crippen molar-refractivity contribution in [3.63, 3.8) is 0 Å². The monoisotopic (exact) mass is 420 g/mol. The Labute approximate surface area is 169 Å². The lowest BCUT2D eigenvalue weighted by molar-refractivity contribution is -0.143. The number of hydrogen-bond donors (Lipinski definition) is 0. The Balaban J connectivity index is 2.20. The summed E-state index contributed by atoms with van der Waals surface area (Å²) in [6, 6.07) is 8.39. The van der Waals surface area contributed by atoms with Crippen LogP contribution in [-0.4, -0.2) is 29.7 Å². The van der Waals surface area contributed by atoms with E-state index in [9.17, 15) is 18.4 Å². The average Bonchev–Trinajstić information content (AvgIpc) is 3.00. The van der Waals surface area contributed by atoms with E-state index in [2.05, 4.69) is 4.99 Å². The molecule has 0 aliphatic heterocycles. The molecule has 0 fully saturated rings. The SMILES string of the molecule is CCOC(=O)Cn1c(=NC(=O)c2c(F)cccc2F)sc2cccc(OCC)c21. The summed E-state index contributed by atoms with van der Waals surface area (Å²) in [5, 5.41) is 0. The van der Waals surface area contributed by atoms with Gasteiger partial charge in [-0.1, -0.05) is 23.5 Å². The lowest BCUT2D eigenvalue weighted by Gasteiger charge is -2.09. The minimum Gasteiger partial charge on any atom is -0.492 e. The van der Waals surface area contributed by atoms with Crippen LogP contribution >= 0.6 is 11.3 Å². The number of amides is 1. The quantitative estimate of drug-likeness (QED) is 0.571. The van der Waals surface area contributed by atoms with Crippen LogP contribution in [0, 0.1) is 11.6 Å². The van der Waals surface area contributed by atoms with Crippen molar-refractivity contribution in [1.29, 1.82) is 0 Å². The minimum absolute atomic E-state index is 0.104. The van der Waals surface area contributed by atoms with Crippen LogP contribution in [0.3, 0.4) is 0 Å². The number of thiazole rings is 1. The summed E-state index contributed by atoms with van der Waals surface area (Å²) in [5.74, 6) is -3.14. The maximum atomic E-state index is 14.0. The molecule has 0 N–H and O–H groups in total. The van der Waals surface area contributed by atoms with E-state index >= 15 is 0 Å². The van der Waals surface area contributed by atoms with Gasteiger partial charge in [-0.05, 0) is 38.1 Å². The molecule has 152 valence electrons. The number of esters is 1. The number of rotatable bonds is 6. The molecule has 0 unspecified atom stereocenters. The first-order chi connectivity index (χ1) is 14.0. The maximum absolute atomic E-state index is 14.0. The third-order valence-electron chi connectivity index (χ3n) is 3.93. The molecule has 9 heteroatoms. The number of carbonyl (C=O) groups is 2. The fraction of sp³-hybridized carbons (Fsp3) is 0.250. The van der Waals surface area contributed by atoms with E-state index < -0.39 is 29.1 Å². The highest BCUT2D eigenvalue weighted by Gasteiger charge is 2.19. The van der Waals surface area contributed by atoms with E-state index in [4.69, 9.17) is 9.47 Å². The van der Waals surface area contributed by atoms with Crippen molar-refractivity contribution in [2.24, 2.45) is 4.99 Å². The molecule has 0 aliphatic rings. The number of carbonyl (C=O) groups excluding carboxylic acids is 2. The highest BCUT2D eigenvalue weighted by molar-refractivity contribution is 7.16. The van der Waals surface area contributed by atoms with E-state index in [1.165, 1.54) is 4.57 Å². The van der Waals surface area contributed by atoms with E-state index in [-0.39, 0.29) is 18.0 Å². The molecule has 0 saturated carbocycles. The molecular weight excluding hydrogens is 402 g/mol. The first kappa shape index (κ1) is 20.7. The third kappa shape index (κ3) is 4.34. The van der Waals surface area contributed by atoms with Crippen LogP contribution in [0.1, 0.15) is 24.2 Å². The van der Waals surface area contributed by atoms with Crippen LogP contribution in [0.5, 0.6) is 5.75 Å². The summed E-state index contributed by atoms with van der Waals surface area (Å²) in [5.41, 5.74) is -0.203. The molecule has 1 aromatic heterocycles. The minimum atomic E-state index is -1.08. The molecular formula is C20H18F2N2O4S. The van der Waals surface area contributed by atoms with Crippen molar-refractivity contribution in [3.8, 4) is 5.75 Å². The van der Waals surface area contributed by atoms with E-state index in [1.807, 2.05) is 6.92 Å². The number of ether oxygens (including phenoxy) is 2. The zero-order chi connectivity index (χ0) is 21.0. The first-order valence-corrected chi connectivity index (χ1v) is 9.71. The Morgan fingerprint density at radius 1 is 1.07 bits per heavy atom. The second kappa shape index (κ2) is 8.95. The Kier molecular flexibility index (Phi) is 6.38. The van der Waals surface area contributed by atoms with Gasteiger partial charge in [0.15, 0.2) is 4.80 Å². The maximum Gasteiger partial charge on any atom is 0.326 e. The normalized spacial score (nSPS) is 11.7. The molecule has 6 nitrogen and oxygen atoms in total. The molecule has 0 saturated heterocycles. The smallest absolute Gasteiger partial charge is 0.326 e. The molecule has 1 amide bonds. The Morgan fingerprint density at radius 2 is 1.76 bits per heavy atom. The Hall–Kier alpha value is -3.07. The second-order valence-electron chi connectivity index (χ2n) is 5.83. The fourth-order valence-electron chi connectivity index (χ4n) is 2.78. The standard InChI is InChI=1S/C20H18F2N2O4S/c1-3-27-14-9-6-10-15-18(14)24(11-16(25)28-4-2)20(29-15)23-19(26)17-12(21)7-5-8-13(17)22/h5-10H,3-4,11H2,1-2H3. The van der Waals surface area contributed by atoms with Crippen molar-refractivity contribution in [2.75, 3.05) is 13.2 Å². The van der Waals surface area contributed by atoms with Gasteiger partial charge in [0.1, 0.15) is 35.0 Å². The fourth-order valence-corrected chi connectivity index (χ4v) is 3.83. The van der Waals surface area contributed by atoms with Gasteiger partial charge in [-0.25, -0.2) is 8.78 Å². The second-order valence-corrected chi connectivity index (χ2v) is 6.83. The molecule has 2 aromatic carbocycles. The number of nitrogens with zero attached hydrogens (tertiary/aromatic N) is 2. The van der Waals surface area contributed by atoms with Crippen LogP contribution < -0.4 is 9.54 Å². The van der Waals surface area contributed by atoms with Gasteiger partial charge in [-0.3, -0.25) is 9.59 Å². The molecule has 0 bridgehead atoms. The number of para-hydroxylation sites is 1. The van der Waals surface area contributed by atoms with Gasteiger partial charge < -0.3 is 14.0 Å². The first-order valence-electron chi connectivity index (χ1n) is 8.90. The van der Waals surface area contributed by atoms with Crippen LogP contribution in [0.4, 0.5) is 8.78 Å². The van der Waals surface area contributed by atoms with Crippen molar-refractivity contribution in [1.82, 2.24) is 4.57 Å². The summed E-state index contributed by atoms with van der Waals surface area (Å²) >= 11 is 1.10. The lowest BCUT2D eigenvalue weighted by atomic mass is 10.2. The van der Waals surface area contributed by atoms with Gasteiger partial charge in [-0.15, -0.1) is 0 Å². The van der Waals surface area contributed by atoms with Crippen molar-refractivity contribution in [2.45, 2.75) is 20.4 Å². The lowest BCUT2D eigenvalue weighted by Crippen LogP contribution is -2.23. The van der Waals surface area contributed by atoms with Crippen molar-refractivity contribution >= 4 is 33.4 Å². The molecule has 0 spiro atoms. The van der Waals surface area contributed by atoms with Gasteiger partial charge in [-0.2, -0.15) is 4.99 Å². The molecule has 3 rings (SSSR count). The van der Waals surface area contributed by atoms with E-state index in [0.29, 0.717) is 22.6 Å². The molecule has 3 aromatic rings.